The molecule has 1 aromatic heterocycles. The molecule has 6 heterocycles. The number of rotatable bonds is 7. The lowest BCUT2D eigenvalue weighted by Crippen LogP contribution is -2.52. The smallest absolute Gasteiger partial charge is 0.255 e. The van der Waals surface area contributed by atoms with E-state index in [9.17, 15) is 14.4 Å². The van der Waals surface area contributed by atoms with Crippen molar-refractivity contribution in [1.29, 1.82) is 0 Å². The highest BCUT2D eigenvalue weighted by Crippen LogP contribution is 2.35. The van der Waals surface area contributed by atoms with E-state index in [1.165, 1.54) is 22.2 Å². The highest BCUT2D eigenvalue weighted by Gasteiger charge is 2.39. The van der Waals surface area contributed by atoms with Crippen molar-refractivity contribution in [3.8, 4) is 5.75 Å². The van der Waals surface area contributed by atoms with Crippen molar-refractivity contribution in [2.75, 3.05) is 39.5 Å². The first kappa shape index (κ1) is 28.6. The minimum Gasteiger partial charge on any atom is -0.489 e. The molecule has 1 N–H and O–H groups in total. The second-order valence-electron chi connectivity index (χ2n) is 13.1. The summed E-state index contributed by atoms with van der Waals surface area (Å²) in [6, 6.07) is 14.0. The van der Waals surface area contributed by atoms with Crippen LogP contribution in [0.2, 0.25) is 0 Å². The molecule has 0 unspecified atom stereocenters. The Bertz CT molecular complexity index is 1670. The normalized spacial score (nSPS) is 24.6. The minimum atomic E-state index is -0.618. The number of aromatic nitrogens is 1. The Hall–Kier alpha value is -3.86. The topological polar surface area (TPSA) is 110 Å². The molecule has 2 aromatic carbocycles. The molecule has 4 saturated heterocycles. The van der Waals surface area contributed by atoms with Crippen LogP contribution in [0.1, 0.15) is 76.7 Å². The molecule has 3 amide bonds. The summed E-state index contributed by atoms with van der Waals surface area (Å²) >= 11 is 0. The van der Waals surface area contributed by atoms with Crippen LogP contribution in [0.5, 0.6) is 5.75 Å². The second kappa shape index (κ2) is 11.8. The molecule has 45 heavy (non-hydrogen) atoms. The largest absolute Gasteiger partial charge is 0.489 e. The van der Waals surface area contributed by atoms with Crippen molar-refractivity contribution in [1.82, 2.24) is 20.1 Å². The zero-order valence-corrected chi connectivity index (χ0v) is 25.3. The van der Waals surface area contributed by atoms with Crippen LogP contribution in [0.25, 0.3) is 10.9 Å². The zero-order valence-electron chi connectivity index (χ0n) is 25.3. The van der Waals surface area contributed by atoms with Gasteiger partial charge in [-0.3, -0.25) is 29.6 Å². The fraction of sp³-hybridized carbons (Fsp3) is 0.486. The number of amides is 3. The number of imide groups is 1. The standard InChI is InChI=1S/C35H38N4O6/c40-32-6-5-31(34(41)37-32)39-17-24-15-26(2-3-28(24)35(39)42)45-27-7-10-38(18-27)16-21-13-23-1-4-30(22-8-11-43-12-9-22)36-33(23)29(14-21)25-19-44-20-25/h1-4,13-15,22,25,27,31H,5-12,16-20H2,(H,37,40,41)/t27-,31-/m0/s1. The van der Waals surface area contributed by atoms with Crippen LogP contribution in [0.15, 0.2) is 42.5 Å². The van der Waals surface area contributed by atoms with Gasteiger partial charge in [0.25, 0.3) is 5.91 Å². The number of hydrogen-bond donors (Lipinski definition) is 1. The third-order valence-electron chi connectivity index (χ3n) is 10.1. The lowest BCUT2D eigenvalue weighted by Gasteiger charge is -2.29. The van der Waals surface area contributed by atoms with Crippen LogP contribution in [-0.2, 0) is 32.2 Å². The number of hydrogen-bond acceptors (Lipinski definition) is 8. The van der Waals surface area contributed by atoms with E-state index in [0.29, 0.717) is 30.4 Å². The Morgan fingerprint density at radius 1 is 0.933 bits per heavy atom. The number of carbonyl (C=O) groups is 3. The summed E-state index contributed by atoms with van der Waals surface area (Å²) in [6.07, 6.45) is 3.63. The van der Waals surface area contributed by atoms with E-state index >= 15 is 0 Å². The van der Waals surface area contributed by atoms with Crippen LogP contribution in [0.3, 0.4) is 0 Å². The van der Waals surface area contributed by atoms with E-state index in [1.807, 2.05) is 12.1 Å². The molecule has 0 saturated carbocycles. The van der Waals surface area contributed by atoms with E-state index in [0.717, 1.165) is 82.2 Å². The Morgan fingerprint density at radius 2 is 1.80 bits per heavy atom. The average molecular weight is 611 g/mol. The van der Waals surface area contributed by atoms with Crippen molar-refractivity contribution < 1.29 is 28.6 Å². The fourth-order valence-electron chi connectivity index (χ4n) is 7.49. The maximum atomic E-state index is 13.1. The molecular formula is C35H38N4O6. The number of likely N-dealkylation sites (tertiary alicyclic amines) is 1. The molecule has 234 valence electrons. The monoisotopic (exact) mass is 610 g/mol. The summed E-state index contributed by atoms with van der Waals surface area (Å²) in [7, 11) is 0. The SMILES string of the molecule is O=C1CC[C@H](N2Cc3cc(O[C@H]4CCN(Cc5cc(C6COC6)c6nc(C7CCOCC7)ccc6c5)C4)ccc3C2=O)C(=O)N1. The fourth-order valence-corrected chi connectivity index (χ4v) is 7.49. The molecule has 8 rings (SSSR count). The van der Waals surface area contributed by atoms with Gasteiger partial charge in [-0.05, 0) is 72.7 Å². The van der Waals surface area contributed by atoms with Gasteiger partial charge < -0.3 is 19.1 Å². The molecule has 3 aromatic rings. The van der Waals surface area contributed by atoms with Gasteiger partial charge in [0, 0.05) is 74.3 Å². The Labute approximate surface area is 262 Å². The summed E-state index contributed by atoms with van der Waals surface area (Å²) in [5.41, 5.74) is 6.33. The predicted octanol–water partition coefficient (Wildman–Crippen LogP) is 3.66. The van der Waals surface area contributed by atoms with Gasteiger partial charge in [-0.1, -0.05) is 12.1 Å². The van der Waals surface area contributed by atoms with Gasteiger partial charge in [-0.15, -0.1) is 0 Å². The maximum absolute atomic E-state index is 13.1. The van der Waals surface area contributed by atoms with Crippen molar-refractivity contribution >= 4 is 28.6 Å². The number of nitrogens with zero attached hydrogens (tertiary/aromatic N) is 3. The molecule has 5 aliphatic rings. The molecule has 0 aliphatic carbocycles. The number of piperidine rings is 1. The van der Waals surface area contributed by atoms with Crippen molar-refractivity contribution in [3.05, 3.63) is 70.4 Å². The number of pyridine rings is 1. The van der Waals surface area contributed by atoms with Crippen LogP contribution >= 0.6 is 0 Å². The van der Waals surface area contributed by atoms with Crippen LogP contribution < -0.4 is 10.1 Å². The van der Waals surface area contributed by atoms with E-state index < -0.39 is 11.9 Å². The third-order valence-corrected chi connectivity index (χ3v) is 10.1. The van der Waals surface area contributed by atoms with Gasteiger partial charge in [-0.2, -0.15) is 0 Å². The lowest BCUT2D eigenvalue weighted by molar-refractivity contribution is -0.136. The van der Waals surface area contributed by atoms with Gasteiger partial charge in [0.15, 0.2) is 0 Å². The number of benzene rings is 2. The van der Waals surface area contributed by atoms with Crippen molar-refractivity contribution in [2.45, 2.75) is 69.2 Å². The van der Waals surface area contributed by atoms with Gasteiger partial charge in [0.1, 0.15) is 17.9 Å². The predicted molar refractivity (Wildman–Crippen MR) is 165 cm³/mol. The molecule has 2 atom stereocenters. The van der Waals surface area contributed by atoms with Crippen LogP contribution in [-0.4, -0.2) is 84.2 Å². The molecule has 10 heteroatoms. The van der Waals surface area contributed by atoms with E-state index in [4.69, 9.17) is 19.2 Å². The number of carbonyl (C=O) groups excluding carboxylic acids is 3. The van der Waals surface area contributed by atoms with E-state index in [1.54, 1.807) is 11.0 Å². The summed E-state index contributed by atoms with van der Waals surface area (Å²) in [4.78, 5) is 46.2. The average Bonchev–Trinajstić information content (AvgIpc) is 3.59. The van der Waals surface area contributed by atoms with E-state index in [2.05, 4.69) is 34.5 Å². The van der Waals surface area contributed by atoms with Gasteiger partial charge in [0.2, 0.25) is 11.8 Å². The quantitative estimate of drug-likeness (QED) is 0.404. The molecule has 0 bridgehead atoms. The molecule has 10 nitrogen and oxygen atoms in total. The first-order chi connectivity index (χ1) is 22.0. The highest BCUT2D eigenvalue weighted by molar-refractivity contribution is 6.05. The second-order valence-corrected chi connectivity index (χ2v) is 13.1. The summed E-state index contributed by atoms with van der Waals surface area (Å²) in [5, 5.41) is 3.55. The molecule has 0 radical (unpaired) electrons. The highest BCUT2D eigenvalue weighted by atomic mass is 16.5. The van der Waals surface area contributed by atoms with E-state index in [-0.39, 0.29) is 24.3 Å². The first-order valence-electron chi connectivity index (χ1n) is 16.2. The Morgan fingerprint density at radius 3 is 2.60 bits per heavy atom. The number of fused-ring (bicyclic) bond motifs is 2. The Balaban J connectivity index is 0.934. The molecule has 0 spiro atoms. The van der Waals surface area contributed by atoms with Crippen molar-refractivity contribution in [2.24, 2.45) is 0 Å². The van der Waals surface area contributed by atoms with Gasteiger partial charge in [0.05, 0.1) is 18.7 Å². The first-order valence-corrected chi connectivity index (χ1v) is 16.2. The maximum Gasteiger partial charge on any atom is 0.255 e. The van der Waals surface area contributed by atoms with Gasteiger partial charge >= 0.3 is 0 Å². The molecule has 5 aliphatic heterocycles. The minimum absolute atomic E-state index is 0.0510. The number of nitrogens with one attached hydrogen (secondary N) is 1. The third kappa shape index (κ3) is 5.60. The number of ether oxygens (including phenoxy) is 3. The molecule has 4 fully saturated rings. The Kier molecular flexibility index (Phi) is 7.51. The summed E-state index contributed by atoms with van der Waals surface area (Å²) in [6.45, 7) is 6.06. The van der Waals surface area contributed by atoms with Crippen LogP contribution in [0, 0.1) is 0 Å². The lowest BCUT2D eigenvalue weighted by atomic mass is 9.91. The summed E-state index contributed by atoms with van der Waals surface area (Å²) in [5.74, 6) is 0.736. The van der Waals surface area contributed by atoms with Crippen LogP contribution in [0.4, 0.5) is 0 Å². The zero-order chi connectivity index (χ0) is 30.5. The van der Waals surface area contributed by atoms with Gasteiger partial charge in [-0.25, -0.2) is 0 Å². The summed E-state index contributed by atoms with van der Waals surface area (Å²) < 4.78 is 17.6. The van der Waals surface area contributed by atoms with Crippen molar-refractivity contribution in [3.63, 3.8) is 0 Å². The molecular weight excluding hydrogens is 572 g/mol.